The number of hydrogen-bond acceptors (Lipinski definition) is 5. The van der Waals surface area contributed by atoms with E-state index in [-0.39, 0.29) is 23.7 Å². The number of hydrogen-bond donors (Lipinski definition) is 1. The number of aromatic nitrogens is 3. The quantitative estimate of drug-likeness (QED) is 0.515. The SMILES string of the molecule is Cn1c(COc2ccc(Cl)cc2)nnc1SCC(=O)Nc1ccc(C(C)(C)C)cc1. The number of nitrogens with zero attached hydrogens (tertiary/aromatic N) is 3. The van der Waals surface area contributed by atoms with Crippen molar-refractivity contribution in [3.63, 3.8) is 0 Å². The van der Waals surface area contributed by atoms with E-state index >= 15 is 0 Å². The van der Waals surface area contributed by atoms with Gasteiger partial charge in [-0.2, -0.15) is 0 Å². The fourth-order valence-corrected chi connectivity index (χ4v) is 3.51. The Kier molecular flexibility index (Phi) is 7.05. The van der Waals surface area contributed by atoms with Gasteiger partial charge >= 0.3 is 0 Å². The fraction of sp³-hybridized carbons (Fsp3) is 0.318. The van der Waals surface area contributed by atoms with Gasteiger partial charge in [0.25, 0.3) is 0 Å². The van der Waals surface area contributed by atoms with Crippen LogP contribution in [0, 0.1) is 0 Å². The van der Waals surface area contributed by atoms with Crippen molar-refractivity contribution in [3.8, 4) is 5.75 Å². The summed E-state index contributed by atoms with van der Waals surface area (Å²) in [4.78, 5) is 12.3. The fourth-order valence-electron chi connectivity index (χ4n) is 2.66. The van der Waals surface area contributed by atoms with Gasteiger partial charge < -0.3 is 14.6 Å². The van der Waals surface area contributed by atoms with Gasteiger partial charge in [-0.15, -0.1) is 10.2 Å². The van der Waals surface area contributed by atoms with Gasteiger partial charge in [0.1, 0.15) is 12.4 Å². The summed E-state index contributed by atoms with van der Waals surface area (Å²) in [6.45, 7) is 6.75. The van der Waals surface area contributed by atoms with E-state index in [0.29, 0.717) is 21.8 Å². The Labute approximate surface area is 186 Å². The molecule has 1 heterocycles. The molecule has 0 bridgehead atoms. The predicted octanol–water partition coefficient (Wildman–Crippen LogP) is 5.08. The zero-order valence-electron chi connectivity index (χ0n) is 17.5. The first-order chi connectivity index (χ1) is 14.2. The third-order valence-electron chi connectivity index (χ3n) is 4.47. The second-order valence-electron chi connectivity index (χ2n) is 7.86. The molecule has 158 valence electrons. The van der Waals surface area contributed by atoms with E-state index in [0.717, 1.165) is 5.69 Å². The van der Waals surface area contributed by atoms with Crippen molar-refractivity contribution in [3.05, 3.63) is 64.9 Å². The van der Waals surface area contributed by atoms with E-state index in [2.05, 4.69) is 36.3 Å². The predicted molar refractivity (Wildman–Crippen MR) is 121 cm³/mol. The summed E-state index contributed by atoms with van der Waals surface area (Å²) in [5.74, 6) is 1.52. The maximum absolute atomic E-state index is 12.3. The average Bonchev–Trinajstić information content (AvgIpc) is 3.05. The van der Waals surface area contributed by atoms with Gasteiger partial charge in [0.05, 0.1) is 5.75 Å². The maximum Gasteiger partial charge on any atom is 0.234 e. The lowest BCUT2D eigenvalue weighted by Crippen LogP contribution is -2.15. The van der Waals surface area contributed by atoms with Crippen LogP contribution in [-0.4, -0.2) is 26.4 Å². The minimum atomic E-state index is -0.0922. The summed E-state index contributed by atoms with van der Waals surface area (Å²) >= 11 is 7.21. The zero-order valence-corrected chi connectivity index (χ0v) is 19.0. The first-order valence-electron chi connectivity index (χ1n) is 9.52. The molecule has 2 aromatic carbocycles. The highest BCUT2D eigenvalue weighted by atomic mass is 35.5. The van der Waals surface area contributed by atoms with Gasteiger partial charge in [0.2, 0.25) is 5.91 Å². The standard InChI is InChI=1S/C22H25ClN4O2S/c1-22(2,3)15-5-9-17(10-6-15)24-20(28)14-30-21-26-25-19(27(21)4)13-29-18-11-7-16(23)8-12-18/h5-12H,13-14H2,1-4H3,(H,24,28). The molecule has 30 heavy (non-hydrogen) atoms. The summed E-state index contributed by atoms with van der Waals surface area (Å²) in [6, 6.07) is 15.1. The molecule has 1 N–H and O–H groups in total. The number of ether oxygens (including phenoxy) is 1. The summed E-state index contributed by atoms with van der Waals surface area (Å²) in [7, 11) is 1.85. The summed E-state index contributed by atoms with van der Waals surface area (Å²) in [6.07, 6.45) is 0. The average molecular weight is 445 g/mol. The van der Waals surface area contributed by atoms with E-state index in [4.69, 9.17) is 16.3 Å². The second kappa shape index (κ2) is 9.53. The lowest BCUT2D eigenvalue weighted by atomic mass is 9.87. The first kappa shape index (κ1) is 22.2. The molecule has 0 atom stereocenters. The lowest BCUT2D eigenvalue weighted by Gasteiger charge is -2.19. The smallest absolute Gasteiger partial charge is 0.234 e. The van der Waals surface area contributed by atoms with Crippen molar-refractivity contribution in [2.24, 2.45) is 7.05 Å². The van der Waals surface area contributed by atoms with Crippen LogP contribution in [0.25, 0.3) is 0 Å². The Bertz CT molecular complexity index is 995. The summed E-state index contributed by atoms with van der Waals surface area (Å²) < 4.78 is 7.53. The van der Waals surface area contributed by atoms with E-state index in [9.17, 15) is 4.79 Å². The molecule has 1 amide bonds. The highest BCUT2D eigenvalue weighted by Crippen LogP contribution is 2.24. The minimum Gasteiger partial charge on any atom is -0.486 e. The molecular weight excluding hydrogens is 420 g/mol. The van der Waals surface area contributed by atoms with E-state index < -0.39 is 0 Å². The van der Waals surface area contributed by atoms with Gasteiger partial charge in [0.15, 0.2) is 11.0 Å². The third-order valence-corrected chi connectivity index (χ3v) is 5.75. The van der Waals surface area contributed by atoms with E-state index in [1.165, 1.54) is 17.3 Å². The van der Waals surface area contributed by atoms with Gasteiger partial charge in [-0.05, 0) is 47.4 Å². The molecule has 3 rings (SSSR count). The van der Waals surface area contributed by atoms with Crippen molar-refractivity contribution < 1.29 is 9.53 Å². The maximum atomic E-state index is 12.3. The Hall–Kier alpha value is -2.51. The second-order valence-corrected chi connectivity index (χ2v) is 9.24. The Morgan fingerprint density at radius 1 is 1.10 bits per heavy atom. The van der Waals surface area contributed by atoms with Crippen LogP contribution in [0.1, 0.15) is 32.2 Å². The molecule has 8 heteroatoms. The van der Waals surface area contributed by atoms with Crippen molar-refractivity contribution in [2.75, 3.05) is 11.1 Å². The van der Waals surface area contributed by atoms with Crippen molar-refractivity contribution >= 4 is 35.0 Å². The summed E-state index contributed by atoms with van der Waals surface area (Å²) in [5.41, 5.74) is 2.09. The number of rotatable bonds is 7. The van der Waals surface area contributed by atoms with Crippen molar-refractivity contribution in [1.82, 2.24) is 14.8 Å². The Balaban J connectivity index is 1.50. The number of halogens is 1. The normalized spacial score (nSPS) is 11.4. The number of anilines is 1. The molecule has 0 aliphatic carbocycles. The van der Waals surface area contributed by atoms with E-state index in [1.807, 2.05) is 35.9 Å². The number of nitrogens with one attached hydrogen (secondary N) is 1. The Morgan fingerprint density at radius 3 is 2.40 bits per heavy atom. The van der Waals surface area contributed by atoms with Crippen LogP contribution < -0.4 is 10.1 Å². The Morgan fingerprint density at radius 2 is 1.77 bits per heavy atom. The highest BCUT2D eigenvalue weighted by molar-refractivity contribution is 7.99. The molecule has 0 radical (unpaired) electrons. The third kappa shape index (κ3) is 6.00. The van der Waals surface area contributed by atoms with Gasteiger partial charge in [-0.25, -0.2) is 0 Å². The largest absolute Gasteiger partial charge is 0.486 e. The highest BCUT2D eigenvalue weighted by Gasteiger charge is 2.14. The van der Waals surface area contributed by atoms with Crippen LogP contribution in [0.15, 0.2) is 53.7 Å². The molecule has 0 saturated heterocycles. The molecule has 0 unspecified atom stereocenters. The van der Waals surface area contributed by atoms with Crippen LogP contribution in [0.2, 0.25) is 5.02 Å². The molecule has 0 aliphatic rings. The molecule has 0 spiro atoms. The van der Waals surface area contributed by atoms with Crippen LogP contribution in [-0.2, 0) is 23.9 Å². The zero-order chi connectivity index (χ0) is 21.7. The number of carbonyl (C=O) groups is 1. The first-order valence-corrected chi connectivity index (χ1v) is 10.9. The molecule has 1 aromatic heterocycles. The molecule has 3 aromatic rings. The van der Waals surface area contributed by atoms with Crippen molar-refractivity contribution in [1.29, 1.82) is 0 Å². The van der Waals surface area contributed by atoms with Gasteiger partial charge in [0, 0.05) is 17.8 Å². The number of carbonyl (C=O) groups excluding carboxylic acids is 1. The molecule has 0 aliphatic heterocycles. The van der Waals surface area contributed by atoms with Crippen LogP contribution >= 0.6 is 23.4 Å². The van der Waals surface area contributed by atoms with Crippen LogP contribution in [0.5, 0.6) is 5.75 Å². The molecular formula is C22H25ClN4O2S. The van der Waals surface area contributed by atoms with Crippen molar-refractivity contribution in [2.45, 2.75) is 37.9 Å². The summed E-state index contributed by atoms with van der Waals surface area (Å²) in [5, 5.41) is 12.5. The minimum absolute atomic E-state index is 0.0819. The number of thioether (sulfide) groups is 1. The number of amides is 1. The molecule has 6 nitrogen and oxygen atoms in total. The van der Waals surface area contributed by atoms with Gasteiger partial charge in [-0.1, -0.05) is 56.3 Å². The van der Waals surface area contributed by atoms with Crippen LogP contribution in [0.4, 0.5) is 5.69 Å². The number of benzene rings is 2. The topological polar surface area (TPSA) is 69.0 Å². The monoisotopic (exact) mass is 444 g/mol. The molecule has 0 saturated carbocycles. The lowest BCUT2D eigenvalue weighted by molar-refractivity contribution is -0.113. The molecule has 0 fully saturated rings. The van der Waals surface area contributed by atoms with E-state index in [1.54, 1.807) is 24.3 Å². The van der Waals surface area contributed by atoms with Crippen LogP contribution in [0.3, 0.4) is 0 Å². The van der Waals surface area contributed by atoms with Gasteiger partial charge in [-0.3, -0.25) is 4.79 Å².